The first-order valence-electron chi connectivity index (χ1n) is 4.60. The number of hydrogen-bond donors (Lipinski definition) is 1. The summed E-state index contributed by atoms with van der Waals surface area (Å²) in [6.07, 6.45) is -6.11. The van der Waals surface area contributed by atoms with Crippen LogP contribution in [0.2, 0.25) is 0 Å². The van der Waals surface area contributed by atoms with Crippen molar-refractivity contribution in [2.75, 3.05) is 0 Å². The number of alkyl halides is 4. The molecule has 0 atom stereocenters. The van der Waals surface area contributed by atoms with Crippen LogP contribution >= 0.6 is 0 Å². The summed E-state index contributed by atoms with van der Waals surface area (Å²) in [4.78, 5) is 14.0. The second-order valence-electron chi connectivity index (χ2n) is 3.31. The average molecular weight is 263 g/mol. The Hall–Kier alpha value is -2.19. The Morgan fingerprint density at radius 2 is 1.89 bits per heavy atom. The molecule has 1 N–H and O–H groups in total. The van der Waals surface area contributed by atoms with Crippen LogP contribution < -0.4 is 0 Å². The van der Waals surface area contributed by atoms with Crippen LogP contribution in [0.3, 0.4) is 0 Å². The van der Waals surface area contributed by atoms with Gasteiger partial charge in [-0.3, -0.25) is 0 Å². The smallest absolute Gasteiger partial charge is 0.356 e. The van der Waals surface area contributed by atoms with E-state index >= 15 is 0 Å². The Kier molecular flexibility index (Phi) is 2.89. The number of carbonyl (C=O) groups is 1. The van der Waals surface area contributed by atoms with E-state index in [0.29, 0.717) is 10.6 Å². The van der Waals surface area contributed by atoms with Gasteiger partial charge in [0.05, 0.1) is 0 Å². The summed E-state index contributed by atoms with van der Waals surface area (Å²) in [6, 6.07) is 1.35. The molecule has 0 aromatic carbocycles. The van der Waals surface area contributed by atoms with E-state index in [0.717, 1.165) is 6.07 Å². The molecule has 0 saturated heterocycles. The zero-order valence-corrected chi connectivity index (χ0v) is 8.52. The zero-order valence-electron chi connectivity index (χ0n) is 8.52. The van der Waals surface area contributed by atoms with Gasteiger partial charge in [-0.05, 0) is 6.07 Å². The van der Waals surface area contributed by atoms with Crippen LogP contribution in [-0.2, 0) is 0 Å². The van der Waals surface area contributed by atoms with Crippen molar-refractivity contribution < 1.29 is 27.5 Å². The Morgan fingerprint density at radius 3 is 2.39 bits per heavy atom. The third kappa shape index (κ3) is 1.98. The molecule has 96 valence electrons. The number of hydrogen-bond acceptors (Lipinski definition) is 3. The van der Waals surface area contributed by atoms with Crippen LogP contribution in [0.4, 0.5) is 17.6 Å². The van der Waals surface area contributed by atoms with Crippen LogP contribution in [0.15, 0.2) is 12.1 Å². The van der Waals surface area contributed by atoms with E-state index in [-0.39, 0.29) is 5.65 Å². The monoisotopic (exact) mass is 263 g/mol. The molecule has 0 radical (unpaired) electrons. The quantitative estimate of drug-likeness (QED) is 0.863. The molecule has 0 unspecified atom stereocenters. The summed E-state index contributed by atoms with van der Waals surface area (Å²) < 4.78 is 50.8. The van der Waals surface area contributed by atoms with Gasteiger partial charge in [0.25, 0.3) is 12.9 Å². The maximum atomic E-state index is 12.7. The molecule has 0 bridgehead atoms. The van der Waals surface area contributed by atoms with Crippen LogP contribution in [-0.4, -0.2) is 25.7 Å². The highest BCUT2D eigenvalue weighted by atomic mass is 19.3. The molecule has 0 amide bonds. The zero-order chi connectivity index (χ0) is 13.4. The van der Waals surface area contributed by atoms with Gasteiger partial charge in [-0.25, -0.2) is 31.9 Å². The fourth-order valence-electron chi connectivity index (χ4n) is 1.39. The lowest BCUT2D eigenvalue weighted by atomic mass is 10.3. The van der Waals surface area contributed by atoms with Crippen LogP contribution in [0.25, 0.3) is 5.65 Å². The molecular weight excluding hydrogens is 258 g/mol. The Labute approximate surface area is 96.7 Å². The standard InChI is InChI=1S/C9H5F4N3O2/c10-7(11)3-1-5(8(12)13)16-6(14-3)2-4(15-16)9(17)18/h1-2,7-8H,(H,17,18). The summed E-state index contributed by atoms with van der Waals surface area (Å²) in [5.74, 6) is -1.46. The molecule has 0 aliphatic carbocycles. The molecule has 2 rings (SSSR count). The molecule has 0 aliphatic heterocycles. The first-order valence-corrected chi connectivity index (χ1v) is 4.60. The minimum Gasteiger partial charge on any atom is -0.476 e. The lowest BCUT2D eigenvalue weighted by Crippen LogP contribution is -2.05. The molecule has 0 fully saturated rings. The number of fused-ring (bicyclic) bond motifs is 1. The van der Waals surface area contributed by atoms with Gasteiger partial charge in [0.15, 0.2) is 11.3 Å². The number of carboxylic acid groups (broad SMARTS) is 1. The van der Waals surface area contributed by atoms with Gasteiger partial charge >= 0.3 is 5.97 Å². The minimum atomic E-state index is -3.07. The van der Waals surface area contributed by atoms with Crippen molar-refractivity contribution >= 4 is 11.6 Å². The fourth-order valence-corrected chi connectivity index (χ4v) is 1.39. The Bertz CT molecular complexity index is 611. The van der Waals surface area contributed by atoms with E-state index in [1.165, 1.54) is 0 Å². The van der Waals surface area contributed by atoms with Crippen molar-refractivity contribution in [1.82, 2.24) is 14.6 Å². The van der Waals surface area contributed by atoms with E-state index in [4.69, 9.17) is 5.11 Å². The van der Waals surface area contributed by atoms with Crippen LogP contribution in [0, 0.1) is 0 Å². The normalized spacial score (nSPS) is 11.7. The number of nitrogens with zero attached hydrogens (tertiary/aromatic N) is 3. The van der Waals surface area contributed by atoms with Gasteiger partial charge in [0.1, 0.15) is 11.4 Å². The van der Waals surface area contributed by atoms with Crippen LogP contribution in [0.5, 0.6) is 0 Å². The summed E-state index contributed by atoms with van der Waals surface area (Å²) in [7, 11) is 0. The second-order valence-corrected chi connectivity index (χ2v) is 3.31. The average Bonchev–Trinajstić information content (AvgIpc) is 2.70. The SMILES string of the molecule is O=C(O)c1cc2nc(C(F)F)cc(C(F)F)n2n1. The number of aromatic nitrogens is 3. The predicted octanol–water partition coefficient (Wildman–Crippen LogP) is 2.30. The topological polar surface area (TPSA) is 67.5 Å². The minimum absolute atomic E-state index is 0.361. The highest BCUT2D eigenvalue weighted by molar-refractivity contribution is 5.86. The van der Waals surface area contributed by atoms with Gasteiger partial charge in [-0.15, -0.1) is 0 Å². The highest BCUT2D eigenvalue weighted by Gasteiger charge is 2.21. The van der Waals surface area contributed by atoms with E-state index in [2.05, 4.69) is 10.1 Å². The van der Waals surface area contributed by atoms with Crippen molar-refractivity contribution in [3.8, 4) is 0 Å². The number of aromatic carboxylic acids is 1. The molecule has 0 saturated carbocycles. The maximum absolute atomic E-state index is 12.7. The fraction of sp³-hybridized carbons (Fsp3) is 0.222. The third-order valence-corrected chi connectivity index (χ3v) is 2.14. The predicted molar refractivity (Wildman–Crippen MR) is 49.9 cm³/mol. The highest BCUT2D eigenvalue weighted by Crippen LogP contribution is 2.25. The van der Waals surface area contributed by atoms with Crippen molar-refractivity contribution in [3.63, 3.8) is 0 Å². The second kappa shape index (κ2) is 4.24. The largest absolute Gasteiger partial charge is 0.476 e. The molecule has 2 heterocycles. The van der Waals surface area contributed by atoms with E-state index in [9.17, 15) is 22.4 Å². The molecule has 0 spiro atoms. The molecule has 2 aromatic rings. The van der Waals surface area contributed by atoms with Crippen molar-refractivity contribution in [2.45, 2.75) is 12.9 Å². The van der Waals surface area contributed by atoms with E-state index in [1.807, 2.05) is 0 Å². The molecule has 0 aliphatic rings. The van der Waals surface area contributed by atoms with Crippen molar-refractivity contribution in [3.05, 3.63) is 29.2 Å². The summed E-state index contributed by atoms with van der Waals surface area (Å²) in [5.41, 5.74) is -2.59. The van der Waals surface area contributed by atoms with Gasteiger partial charge < -0.3 is 5.11 Å². The van der Waals surface area contributed by atoms with E-state index in [1.54, 1.807) is 0 Å². The Morgan fingerprint density at radius 1 is 1.22 bits per heavy atom. The maximum Gasteiger partial charge on any atom is 0.356 e. The number of halogens is 4. The van der Waals surface area contributed by atoms with Crippen LogP contribution in [0.1, 0.15) is 34.7 Å². The molecule has 18 heavy (non-hydrogen) atoms. The summed E-state index contributed by atoms with van der Waals surface area (Å²) in [5, 5.41) is 12.0. The summed E-state index contributed by atoms with van der Waals surface area (Å²) in [6.45, 7) is 0. The van der Waals surface area contributed by atoms with Gasteiger partial charge in [0.2, 0.25) is 0 Å². The van der Waals surface area contributed by atoms with Crippen molar-refractivity contribution in [2.24, 2.45) is 0 Å². The van der Waals surface area contributed by atoms with Gasteiger partial charge in [0, 0.05) is 6.07 Å². The first kappa shape index (κ1) is 12.3. The molecule has 9 heteroatoms. The van der Waals surface area contributed by atoms with Gasteiger partial charge in [-0.2, -0.15) is 5.10 Å². The van der Waals surface area contributed by atoms with E-state index < -0.39 is 35.9 Å². The first-order chi connectivity index (χ1) is 8.40. The van der Waals surface area contributed by atoms with Gasteiger partial charge in [-0.1, -0.05) is 0 Å². The lowest BCUT2D eigenvalue weighted by Gasteiger charge is -2.06. The Balaban J connectivity index is 2.73. The third-order valence-electron chi connectivity index (χ3n) is 2.14. The number of carboxylic acids is 1. The lowest BCUT2D eigenvalue weighted by molar-refractivity contribution is 0.0689. The molecule has 5 nitrogen and oxygen atoms in total. The molecule has 2 aromatic heterocycles. The number of rotatable bonds is 3. The summed E-state index contributed by atoms with van der Waals surface area (Å²) >= 11 is 0. The molecular formula is C9H5F4N3O2. The van der Waals surface area contributed by atoms with Crippen molar-refractivity contribution in [1.29, 1.82) is 0 Å².